The first-order valence-corrected chi connectivity index (χ1v) is 9.51. The van der Waals surface area contributed by atoms with Gasteiger partial charge in [-0.3, -0.25) is 18.2 Å². The summed E-state index contributed by atoms with van der Waals surface area (Å²) in [4.78, 5) is 0. The molecule has 0 aliphatic heterocycles. The molecule has 122 valence electrons. The van der Waals surface area contributed by atoms with Gasteiger partial charge in [-0.2, -0.15) is 33.7 Å². The highest BCUT2D eigenvalue weighted by atomic mass is 32.3. The highest BCUT2D eigenvalue weighted by molar-refractivity contribution is 7.99. The zero-order valence-corrected chi connectivity index (χ0v) is 12.3. The van der Waals surface area contributed by atoms with E-state index in [2.05, 4.69) is 0 Å². The summed E-state index contributed by atoms with van der Waals surface area (Å²) in [5.41, 5.74) is 0. The first-order chi connectivity index (χ1) is 8.47. The molecule has 0 atom stereocenters. The third-order valence-electron chi connectivity index (χ3n) is 1.49. The molecule has 20 heavy (non-hydrogen) atoms. The Morgan fingerprint density at radius 1 is 0.500 bits per heavy atom. The van der Waals surface area contributed by atoms with Crippen molar-refractivity contribution in [2.24, 2.45) is 0 Å². The van der Waals surface area contributed by atoms with Crippen LogP contribution >= 0.6 is 0 Å². The molecule has 0 aromatic rings. The van der Waals surface area contributed by atoms with Crippen molar-refractivity contribution in [3.05, 3.63) is 0 Å². The van der Waals surface area contributed by atoms with E-state index in [9.17, 15) is 33.7 Å². The lowest BCUT2D eigenvalue weighted by Crippen LogP contribution is -2.45. The Morgan fingerprint density at radius 2 is 0.650 bits per heavy atom. The van der Waals surface area contributed by atoms with Crippen LogP contribution in [0.15, 0.2) is 0 Å². The summed E-state index contributed by atoms with van der Waals surface area (Å²) in [6.07, 6.45) is 0. The average molecular weight is 380 g/mol. The number of nitrogens with zero attached hydrogens (tertiary/aromatic N) is 2. The molecule has 0 aliphatic carbocycles. The fourth-order valence-corrected chi connectivity index (χ4v) is 4.02. The summed E-state index contributed by atoms with van der Waals surface area (Å²) >= 11 is 0. The average Bonchev–Trinajstić information content (AvgIpc) is 2.02. The van der Waals surface area contributed by atoms with Crippen LogP contribution in [0.1, 0.15) is 0 Å². The third kappa shape index (κ3) is 5.90. The normalized spacial score (nSPS) is 14.9. The Hall–Kier alpha value is -0.440. The van der Waals surface area contributed by atoms with Gasteiger partial charge in [0, 0.05) is 13.1 Å². The SMILES string of the molecule is O=S(=O)(O)N(CCN(S(=O)(=O)O)S(=O)(=O)O)S(=O)(=O)O. The minimum atomic E-state index is -5.59. The summed E-state index contributed by atoms with van der Waals surface area (Å²) in [5, 5.41) is 0. The summed E-state index contributed by atoms with van der Waals surface area (Å²) in [6.45, 7) is -3.31. The molecule has 0 aliphatic rings. The first-order valence-electron chi connectivity index (χ1n) is 3.93. The zero-order valence-electron chi connectivity index (χ0n) is 9.00. The second-order valence-corrected chi connectivity index (χ2v) is 8.71. The standard InChI is InChI=1S/C2H8N2O12S4/c5-17(6,7)3(18(8,9)10)1-2-4(19(11,12)13)20(14,15)16/h1-2H2,(H,5,6,7)(H,8,9,10)(H,11,12,13)(H,14,15,16). The van der Waals surface area contributed by atoms with Gasteiger partial charge >= 0.3 is 41.2 Å². The Balaban J connectivity index is 5.54. The van der Waals surface area contributed by atoms with Crippen LogP contribution in [0.3, 0.4) is 0 Å². The maximum absolute atomic E-state index is 10.6. The Kier molecular flexibility index (Phi) is 5.62. The predicted molar refractivity (Wildman–Crippen MR) is 59.6 cm³/mol. The quantitative estimate of drug-likeness (QED) is 0.320. The molecular weight excluding hydrogens is 372 g/mol. The molecule has 0 aromatic carbocycles. The molecule has 0 heterocycles. The Morgan fingerprint density at radius 3 is 0.750 bits per heavy atom. The second kappa shape index (κ2) is 5.75. The lowest BCUT2D eigenvalue weighted by molar-refractivity contribution is 0.350. The van der Waals surface area contributed by atoms with E-state index in [-0.39, 0.29) is 0 Å². The van der Waals surface area contributed by atoms with Crippen molar-refractivity contribution < 1.29 is 51.9 Å². The van der Waals surface area contributed by atoms with Crippen molar-refractivity contribution in [1.29, 1.82) is 0 Å². The lowest BCUT2D eigenvalue weighted by Gasteiger charge is -2.18. The van der Waals surface area contributed by atoms with Crippen molar-refractivity contribution >= 4 is 41.2 Å². The molecule has 0 saturated carbocycles. The molecule has 14 nitrogen and oxygen atoms in total. The van der Waals surface area contributed by atoms with Gasteiger partial charge < -0.3 is 0 Å². The molecule has 0 radical (unpaired) electrons. The molecular formula is C2H8N2O12S4. The molecule has 0 unspecified atom stereocenters. The lowest BCUT2D eigenvalue weighted by atomic mass is 10.7. The van der Waals surface area contributed by atoms with E-state index in [1.54, 1.807) is 0 Å². The van der Waals surface area contributed by atoms with E-state index < -0.39 is 61.7 Å². The topological polar surface area (TPSA) is 224 Å². The van der Waals surface area contributed by atoms with E-state index in [1.165, 1.54) is 0 Å². The van der Waals surface area contributed by atoms with Crippen LogP contribution in [0.2, 0.25) is 0 Å². The van der Waals surface area contributed by atoms with Crippen LogP contribution in [0, 0.1) is 0 Å². The largest absolute Gasteiger partial charge is 0.351 e. The number of hydrogen-bond donors (Lipinski definition) is 4. The van der Waals surface area contributed by atoms with Gasteiger partial charge in [-0.1, -0.05) is 0 Å². The van der Waals surface area contributed by atoms with Crippen LogP contribution in [-0.2, 0) is 41.2 Å². The fourth-order valence-electron chi connectivity index (χ4n) is 0.863. The van der Waals surface area contributed by atoms with E-state index in [4.69, 9.17) is 18.2 Å². The first kappa shape index (κ1) is 19.6. The van der Waals surface area contributed by atoms with Gasteiger partial charge in [0.1, 0.15) is 0 Å². The van der Waals surface area contributed by atoms with Crippen LogP contribution in [-0.4, -0.2) is 72.4 Å². The molecule has 0 rings (SSSR count). The molecule has 4 N–H and O–H groups in total. The van der Waals surface area contributed by atoms with Gasteiger partial charge in [-0.25, -0.2) is 0 Å². The highest BCUT2D eigenvalue weighted by Gasteiger charge is 2.36. The summed E-state index contributed by atoms with van der Waals surface area (Å²) < 4.78 is 116. The predicted octanol–water partition coefficient (Wildman–Crippen LogP) is -3.20. The maximum Gasteiger partial charge on any atom is 0.351 e. The van der Waals surface area contributed by atoms with E-state index >= 15 is 0 Å². The Labute approximate surface area is 114 Å². The minimum Gasteiger partial charge on any atom is -0.273 e. The van der Waals surface area contributed by atoms with Crippen molar-refractivity contribution in [3.63, 3.8) is 0 Å². The van der Waals surface area contributed by atoms with Crippen LogP contribution < -0.4 is 0 Å². The molecule has 0 amide bonds. The van der Waals surface area contributed by atoms with Crippen LogP contribution in [0.4, 0.5) is 0 Å². The summed E-state index contributed by atoms with van der Waals surface area (Å²) in [7, 11) is -22.4. The fraction of sp³-hybridized carbons (Fsp3) is 1.00. The van der Waals surface area contributed by atoms with Crippen molar-refractivity contribution in [2.45, 2.75) is 0 Å². The minimum absolute atomic E-state index is 1.08. The highest BCUT2D eigenvalue weighted by Crippen LogP contribution is 2.09. The van der Waals surface area contributed by atoms with Gasteiger partial charge in [-0.05, 0) is 7.42 Å². The van der Waals surface area contributed by atoms with Crippen LogP contribution in [0.25, 0.3) is 0 Å². The number of hydrogen-bond acceptors (Lipinski definition) is 8. The van der Waals surface area contributed by atoms with Gasteiger partial charge in [0.25, 0.3) is 0 Å². The molecule has 0 fully saturated rings. The van der Waals surface area contributed by atoms with Crippen molar-refractivity contribution in [2.75, 3.05) is 13.1 Å². The Bertz CT molecular complexity index is 623. The van der Waals surface area contributed by atoms with Gasteiger partial charge in [0.05, 0.1) is 0 Å². The van der Waals surface area contributed by atoms with Crippen LogP contribution in [0.5, 0.6) is 0 Å². The molecule has 0 aromatic heterocycles. The smallest absolute Gasteiger partial charge is 0.273 e. The van der Waals surface area contributed by atoms with Crippen molar-refractivity contribution in [1.82, 2.24) is 7.42 Å². The van der Waals surface area contributed by atoms with E-state index in [0.29, 0.717) is 0 Å². The molecule has 18 heteroatoms. The molecule has 0 saturated heterocycles. The van der Waals surface area contributed by atoms with Gasteiger partial charge in [0.15, 0.2) is 0 Å². The van der Waals surface area contributed by atoms with Gasteiger partial charge in [-0.15, -0.1) is 0 Å². The zero-order chi connectivity index (χ0) is 16.6. The molecule has 0 bridgehead atoms. The second-order valence-electron chi connectivity index (χ2n) is 2.90. The van der Waals surface area contributed by atoms with Crippen molar-refractivity contribution in [3.8, 4) is 0 Å². The molecule has 0 spiro atoms. The summed E-state index contributed by atoms with van der Waals surface area (Å²) in [5.74, 6) is 0. The maximum atomic E-state index is 10.6. The number of rotatable bonds is 7. The monoisotopic (exact) mass is 380 g/mol. The van der Waals surface area contributed by atoms with E-state index in [0.717, 1.165) is 0 Å². The van der Waals surface area contributed by atoms with Gasteiger partial charge in [0.2, 0.25) is 0 Å². The van der Waals surface area contributed by atoms with E-state index in [1.807, 2.05) is 0 Å². The summed E-state index contributed by atoms with van der Waals surface area (Å²) in [6, 6.07) is 0. The third-order valence-corrected chi connectivity index (χ3v) is 6.54.